The maximum Gasteiger partial charge on any atom is 0.237 e. The van der Waals surface area contributed by atoms with Gasteiger partial charge in [-0.2, -0.15) is 5.10 Å². The van der Waals surface area contributed by atoms with Gasteiger partial charge in [0.15, 0.2) is 0 Å². The molecule has 0 aliphatic carbocycles. The molecule has 1 aliphatic rings. The number of carbonyl (C=O) groups is 2. The number of carbonyl (C=O) groups excluding carboxylic acids is 2. The summed E-state index contributed by atoms with van der Waals surface area (Å²) in [5.74, 6) is -0.852. The van der Waals surface area contributed by atoms with Gasteiger partial charge in [0.25, 0.3) is 0 Å². The molecule has 7 nitrogen and oxygen atoms in total. The number of nitrogens with one attached hydrogen (secondary N) is 3. The van der Waals surface area contributed by atoms with Crippen molar-refractivity contribution in [2.24, 2.45) is 0 Å². The monoisotopic (exact) mass is 435 g/mol. The molecule has 1 atom stereocenters. The first-order chi connectivity index (χ1) is 14.1. The van der Waals surface area contributed by atoms with Crippen LogP contribution < -0.4 is 10.6 Å². The quantitative estimate of drug-likeness (QED) is 0.650. The number of hydrogen-bond donors (Lipinski definition) is 3. The molecule has 1 fully saturated rings. The molecule has 1 unspecified atom stereocenters. The van der Waals surface area contributed by atoms with E-state index in [1.165, 1.54) is 12.1 Å². The van der Waals surface area contributed by atoms with Crippen LogP contribution in [0.5, 0.6) is 0 Å². The van der Waals surface area contributed by atoms with E-state index in [0.29, 0.717) is 36.8 Å². The lowest BCUT2D eigenvalue weighted by atomic mass is 9.92. The topological polar surface area (TPSA) is 90.1 Å². The van der Waals surface area contributed by atoms with Crippen LogP contribution in [0.25, 0.3) is 0 Å². The summed E-state index contributed by atoms with van der Waals surface area (Å²) in [5, 5.41) is 13.2. The Labute approximate surface area is 180 Å². The largest absolute Gasteiger partial charge is 0.353 e. The third-order valence-electron chi connectivity index (χ3n) is 5.08. The highest BCUT2D eigenvalue weighted by atomic mass is 35.5. The summed E-state index contributed by atoms with van der Waals surface area (Å²) in [6, 6.07) is 5.50. The third kappa shape index (κ3) is 5.58. The minimum atomic E-state index is -0.619. The van der Waals surface area contributed by atoms with E-state index in [1.807, 2.05) is 11.0 Å². The van der Waals surface area contributed by atoms with Crippen LogP contribution >= 0.6 is 11.6 Å². The average Bonchev–Trinajstić information content (AvgIpc) is 3.14. The fraction of sp³-hybridized carbons (Fsp3) is 0.476. The number of nitrogens with zero attached hydrogens (tertiary/aromatic N) is 2. The SMILES string of the molecule is CC(C)(C)c1cc(CNC(=O)CC2C(=O)NCCN2Cc2ccc(F)cc2Cl)[nH]n1. The van der Waals surface area contributed by atoms with Gasteiger partial charge in [-0.25, -0.2) is 4.39 Å². The first-order valence-electron chi connectivity index (χ1n) is 9.90. The maximum atomic E-state index is 13.3. The Morgan fingerprint density at radius 2 is 2.13 bits per heavy atom. The van der Waals surface area contributed by atoms with Gasteiger partial charge in [-0.15, -0.1) is 0 Å². The highest BCUT2D eigenvalue weighted by molar-refractivity contribution is 6.31. The second-order valence-corrected chi connectivity index (χ2v) is 8.93. The summed E-state index contributed by atoms with van der Waals surface area (Å²) in [4.78, 5) is 26.8. The second-order valence-electron chi connectivity index (χ2n) is 8.52. The van der Waals surface area contributed by atoms with Crippen LogP contribution in [0.3, 0.4) is 0 Å². The van der Waals surface area contributed by atoms with Crippen LogP contribution in [-0.4, -0.2) is 46.0 Å². The normalized spacial score (nSPS) is 17.6. The maximum absolute atomic E-state index is 13.3. The van der Waals surface area contributed by atoms with Gasteiger partial charge in [0.2, 0.25) is 11.8 Å². The number of rotatable bonds is 6. The Hall–Kier alpha value is -2.45. The van der Waals surface area contributed by atoms with E-state index in [4.69, 9.17) is 11.6 Å². The first kappa shape index (κ1) is 22.2. The molecule has 0 saturated carbocycles. The fourth-order valence-corrected chi connectivity index (χ4v) is 3.55. The van der Waals surface area contributed by atoms with Crippen molar-refractivity contribution < 1.29 is 14.0 Å². The molecule has 3 rings (SSSR count). The van der Waals surface area contributed by atoms with Crippen molar-refractivity contribution in [2.45, 2.75) is 51.7 Å². The zero-order valence-electron chi connectivity index (χ0n) is 17.4. The Morgan fingerprint density at radius 1 is 1.37 bits per heavy atom. The summed E-state index contributed by atoms with van der Waals surface area (Å²) in [7, 11) is 0. The van der Waals surface area contributed by atoms with E-state index in [0.717, 1.165) is 11.4 Å². The van der Waals surface area contributed by atoms with E-state index in [1.54, 1.807) is 6.07 Å². The van der Waals surface area contributed by atoms with Gasteiger partial charge in [-0.05, 0) is 23.8 Å². The summed E-state index contributed by atoms with van der Waals surface area (Å²) in [6.45, 7) is 7.92. The Balaban J connectivity index is 1.61. The molecule has 2 heterocycles. The number of halogens is 2. The highest BCUT2D eigenvalue weighted by Crippen LogP contribution is 2.22. The van der Waals surface area contributed by atoms with Crippen molar-refractivity contribution in [3.63, 3.8) is 0 Å². The molecule has 2 aromatic rings. The second kappa shape index (κ2) is 9.14. The summed E-state index contributed by atoms with van der Waals surface area (Å²) in [5.41, 5.74) is 2.35. The van der Waals surface area contributed by atoms with Crippen molar-refractivity contribution in [3.05, 3.63) is 52.1 Å². The van der Waals surface area contributed by atoms with Crippen LogP contribution in [0.1, 0.15) is 44.1 Å². The number of hydrogen-bond acceptors (Lipinski definition) is 4. The summed E-state index contributed by atoms with van der Waals surface area (Å²) in [6.07, 6.45) is 0.0188. The molecule has 0 radical (unpaired) electrons. The number of H-pyrrole nitrogens is 1. The average molecular weight is 436 g/mol. The van der Waals surface area contributed by atoms with Crippen molar-refractivity contribution in [2.75, 3.05) is 13.1 Å². The number of benzene rings is 1. The molecule has 162 valence electrons. The number of amides is 2. The molecular weight excluding hydrogens is 409 g/mol. The molecule has 3 N–H and O–H groups in total. The van der Waals surface area contributed by atoms with Gasteiger partial charge in [-0.3, -0.25) is 19.6 Å². The van der Waals surface area contributed by atoms with Gasteiger partial charge in [-0.1, -0.05) is 38.4 Å². The zero-order valence-corrected chi connectivity index (χ0v) is 18.1. The van der Waals surface area contributed by atoms with Gasteiger partial charge >= 0.3 is 0 Å². The third-order valence-corrected chi connectivity index (χ3v) is 5.44. The van der Waals surface area contributed by atoms with Gasteiger partial charge < -0.3 is 10.6 Å². The smallest absolute Gasteiger partial charge is 0.237 e. The molecular formula is C21H27ClFN5O2. The minimum Gasteiger partial charge on any atom is -0.353 e. The van der Waals surface area contributed by atoms with Crippen molar-refractivity contribution in [1.82, 2.24) is 25.7 Å². The lowest BCUT2D eigenvalue weighted by Crippen LogP contribution is -2.56. The van der Waals surface area contributed by atoms with Gasteiger partial charge in [0.05, 0.1) is 30.4 Å². The molecule has 1 aliphatic heterocycles. The van der Waals surface area contributed by atoms with E-state index in [9.17, 15) is 14.0 Å². The number of aromatic nitrogens is 2. The van der Waals surface area contributed by atoms with Crippen LogP contribution in [0.2, 0.25) is 5.02 Å². The van der Waals surface area contributed by atoms with E-state index in [2.05, 4.69) is 41.6 Å². The number of aromatic amines is 1. The van der Waals surface area contributed by atoms with Crippen LogP contribution in [0.15, 0.2) is 24.3 Å². The Kier molecular flexibility index (Phi) is 6.77. The first-order valence-corrected chi connectivity index (χ1v) is 10.3. The molecule has 2 amide bonds. The highest BCUT2D eigenvalue weighted by Gasteiger charge is 2.32. The van der Waals surface area contributed by atoms with Crippen molar-refractivity contribution in [1.29, 1.82) is 0 Å². The van der Waals surface area contributed by atoms with Crippen molar-refractivity contribution >= 4 is 23.4 Å². The van der Waals surface area contributed by atoms with Crippen molar-refractivity contribution in [3.8, 4) is 0 Å². The molecule has 9 heteroatoms. The number of piperazine rings is 1. The van der Waals surface area contributed by atoms with Crippen LogP contribution in [0.4, 0.5) is 4.39 Å². The van der Waals surface area contributed by atoms with E-state index >= 15 is 0 Å². The van der Waals surface area contributed by atoms with E-state index < -0.39 is 11.9 Å². The minimum absolute atomic E-state index is 0.0188. The van der Waals surface area contributed by atoms with Crippen LogP contribution in [0, 0.1) is 5.82 Å². The lowest BCUT2D eigenvalue weighted by Gasteiger charge is -2.34. The summed E-state index contributed by atoms with van der Waals surface area (Å²) < 4.78 is 13.3. The molecule has 30 heavy (non-hydrogen) atoms. The Morgan fingerprint density at radius 3 is 2.80 bits per heavy atom. The van der Waals surface area contributed by atoms with Gasteiger partial charge in [0.1, 0.15) is 5.82 Å². The predicted molar refractivity (Wildman–Crippen MR) is 112 cm³/mol. The zero-order chi connectivity index (χ0) is 21.9. The molecule has 0 bridgehead atoms. The molecule has 1 aromatic carbocycles. The standard InChI is InChI=1S/C21H27ClFN5O2/c1-21(2,3)18-9-15(26-27-18)11-25-19(29)10-17-20(30)24-6-7-28(17)12-13-4-5-14(23)8-16(13)22/h4-5,8-9,17H,6-7,10-12H2,1-3H3,(H,24,30)(H,25,29)(H,26,27). The lowest BCUT2D eigenvalue weighted by molar-refractivity contribution is -0.134. The summed E-state index contributed by atoms with van der Waals surface area (Å²) >= 11 is 6.13. The molecule has 1 aromatic heterocycles. The Bertz CT molecular complexity index is 924. The van der Waals surface area contributed by atoms with E-state index in [-0.39, 0.29) is 23.7 Å². The fourth-order valence-electron chi connectivity index (χ4n) is 3.32. The van der Waals surface area contributed by atoms with Crippen LogP contribution in [-0.2, 0) is 28.1 Å². The molecule has 1 saturated heterocycles. The predicted octanol–water partition coefficient (Wildman–Crippen LogP) is 2.51. The molecule has 0 spiro atoms. The van der Waals surface area contributed by atoms with Gasteiger partial charge in [0, 0.05) is 30.1 Å².